The lowest BCUT2D eigenvalue weighted by atomic mass is 10.0. The summed E-state index contributed by atoms with van der Waals surface area (Å²) < 4.78 is 0. The van der Waals surface area contributed by atoms with E-state index >= 15 is 0 Å². The number of amides is 2. The first-order chi connectivity index (χ1) is 8.04. The van der Waals surface area contributed by atoms with Crippen molar-refractivity contribution < 1.29 is 9.59 Å². The number of carbonyl (C=O) groups excluding carboxylic acids is 2. The Bertz CT molecular complexity index is 271. The van der Waals surface area contributed by atoms with Crippen LogP contribution in [-0.4, -0.2) is 35.8 Å². The van der Waals surface area contributed by atoms with Crippen molar-refractivity contribution in [2.45, 2.75) is 52.5 Å². The maximum atomic E-state index is 12.2. The minimum Gasteiger partial charge on any atom is -0.344 e. The highest BCUT2D eigenvalue weighted by molar-refractivity contribution is 5.87. The van der Waals surface area contributed by atoms with Crippen LogP contribution in [0.4, 0.5) is 0 Å². The van der Waals surface area contributed by atoms with Crippen molar-refractivity contribution in [1.82, 2.24) is 10.2 Å². The fourth-order valence-electron chi connectivity index (χ4n) is 2.15. The molecule has 1 aliphatic rings. The Balaban J connectivity index is 2.60. The highest BCUT2D eigenvalue weighted by atomic mass is 16.2. The third kappa shape index (κ3) is 4.36. The zero-order chi connectivity index (χ0) is 12.8. The molecular formula is C13H24N2O2. The van der Waals surface area contributed by atoms with Gasteiger partial charge in [0, 0.05) is 19.5 Å². The van der Waals surface area contributed by atoms with Crippen LogP contribution in [0.5, 0.6) is 0 Å². The van der Waals surface area contributed by atoms with E-state index in [4.69, 9.17) is 0 Å². The number of hydrogen-bond acceptors (Lipinski definition) is 2. The topological polar surface area (TPSA) is 49.4 Å². The molecule has 4 nitrogen and oxygen atoms in total. The van der Waals surface area contributed by atoms with Crippen LogP contribution < -0.4 is 5.32 Å². The number of hydrogen-bond donors (Lipinski definition) is 1. The smallest absolute Gasteiger partial charge is 0.245 e. The van der Waals surface area contributed by atoms with Gasteiger partial charge in [0.1, 0.15) is 6.04 Å². The van der Waals surface area contributed by atoms with Gasteiger partial charge in [-0.3, -0.25) is 9.59 Å². The van der Waals surface area contributed by atoms with E-state index in [2.05, 4.69) is 19.2 Å². The molecule has 0 spiro atoms. The second-order valence-electron chi connectivity index (χ2n) is 5.14. The first-order valence-electron chi connectivity index (χ1n) is 6.62. The van der Waals surface area contributed by atoms with Gasteiger partial charge in [0.15, 0.2) is 0 Å². The molecule has 0 aromatic rings. The van der Waals surface area contributed by atoms with E-state index in [0.29, 0.717) is 12.3 Å². The van der Waals surface area contributed by atoms with E-state index in [0.717, 1.165) is 32.4 Å². The minimum atomic E-state index is -0.333. The predicted octanol–water partition coefficient (Wildman–Crippen LogP) is 1.55. The second kappa shape index (κ2) is 6.62. The Morgan fingerprint density at radius 3 is 2.29 bits per heavy atom. The van der Waals surface area contributed by atoms with Crippen LogP contribution in [0.15, 0.2) is 0 Å². The van der Waals surface area contributed by atoms with Gasteiger partial charge < -0.3 is 10.2 Å². The van der Waals surface area contributed by atoms with Gasteiger partial charge in [-0.25, -0.2) is 0 Å². The molecule has 2 amide bonds. The molecule has 0 bridgehead atoms. The molecule has 0 aromatic carbocycles. The Hall–Kier alpha value is -1.06. The summed E-state index contributed by atoms with van der Waals surface area (Å²) in [4.78, 5) is 25.6. The summed E-state index contributed by atoms with van der Waals surface area (Å²) in [5.41, 5.74) is 0. The van der Waals surface area contributed by atoms with E-state index in [1.54, 1.807) is 0 Å². The van der Waals surface area contributed by atoms with Crippen LogP contribution in [0.2, 0.25) is 0 Å². The van der Waals surface area contributed by atoms with Crippen molar-refractivity contribution in [2.75, 3.05) is 13.1 Å². The SMILES string of the molecule is CCC(=O)N[C@@H](CC(C)C)C(=O)N1CCCC1. The lowest BCUT2D eigenvalue weighted by Gasteiger charge is -2.25. The van der Waals surface area contributed by atoms with Gasteiger partial charge in [0.2, 0.25) is 11.8 Å². The minimum absolute atomic E-state index is 0.0387. The van der Waals surface area contributed by atoms with Crippen LogP contribution in [-0.2, 0) is 9.59 Å². The van der Waals surface area contributed by atoms with Crippen molar-refractivity contribution in [3.05, 3.63) is 0 Å². The lowest BCUT2D eigenvalue weighted by molar-refractivity contribution is -0.136. The molecule has 1 fully saturated rings. The molecule has 1 aliphatic heterocycles. The normalized spacial score (nSPS) is 17.3. The van der Waals surface area contributed by atoms with E-state index in [1.807, 2.05) is 11.8 Å². The van der Waals surface area contributed by atoms with Gasteiger partial charge in [-0.1, -0.05) is 20.8 Å². The van der Waals surface area contributed by atoms with Crippen molar-refractivity contribution in [3.8, 4) is 0 Å². The first-order valence-corrected chi connectivity index (χ1v) is 6.62. The number of nitrogens with one attached hydrogen (secondary N) is 1. The van der Waals surface area contributed by atoms with Crippen molar-refractivity contribution in [1.29, 1.82) is 0 Å². The van der Waals surface area contributed by atoms with E-state index in [9.17, 15) is 9.59 Å². The van der Waals surface area contributed by atoms with Crippen molar-refractivity contribution >= 4 is 11.8 Å². The van der Waals surface area contributed by atoms with Gasteiger partial charge in [0.25, 0.3) is 0 Å². The van der Waals surface area contributed by atoms with Crippen molar-refractivity contribution in [2.24, 2.45) is 5.92 Å². The van der Waals surface area contributed by atoms with Gasteiger partial charge in [-0.2, -0.15) is 0 Å². The maximum absolute atomic E-state index is 12.2. The van der Waals surface area contributed by atoms with Gasteiger partial charge in [-0.15, -0.1) is 0 Å². The predicted molar refractivity (Wildman–Crippen MR) is 67.5 cm³/mol. The third-order valence-corrected chi connectivity index (χ3v) is 3.08. The molecule has 0 unspecified atom stereocenters. The van der Waals surface area contributed by atoms with Crippen LogP contribution in [0.1, 0.15) is 46.5 Å². The van der Waals surface area contributed by atoms with Crippen LogP contribution >= 0.6 is 0 Å². The molecule has 1 rings (SSSR count). The summed E-state index contributed by atoms with van der Waals surface area (Å²) in [7, 11) is 0. The molecule has 1 saturated heterocycles. The summed E-state index contributed by atoms with van der Waals surface area (Å²) >= 11 is 0. The Morgan fingerprint density at radius 2 is 1.82 bits per heavy atom. The second-order valence-corrected chi connectivity index (χ2v) is 5.14. The summed E-state index contributed by atoms with van der Waals surface area (Å²) in [5.74, 6) is 0.463. The molecule has 1 atom stereocenters. The zero-order valence-corrected chi connectivity index (χ0v) is 11.2. The average Bonchev–Trinajstić information content (AvgIpc) is 2.79. The highest BCUT2D eigenvalue weighted by Crippen LogP contribution is 2.13. The van der Waals surface area contributed by atoms with E-state index < -0.39 is 0 Å². The van der Waals surface area contributed by atoms with Crippen LogP contribution in [0.3, 0.4) is 0 Å². The lowest BCUT2D eigenvalue weighted by Crippen LogP contribution is -2.48. The molecule has 0 radical (unpaired) electrons. The molecule has 0 aliphatic carbocycles. The fraction of sp³-hybridized carbons (Fsp3) is 0.846. The number of carbonyl (C=O) groups is 2. The van der Waals surface area contributed by atoms with Crippen LogP contribution in [0, 0.1) is 5.92 Å². The maximum Gasteiger partial charge on any atom is 0.245 e. The fourth-order valence-corrected chi connectivity index (χ4v) is 2.15. The summed E-state index contributed by atoms with van der Waals surface area (Å²) in [6, 6.07) is -0.333. The quantitative estimate of drug-likeness (QED) is 0.792. The molecule has 4 heteroatoms. The highest BCUT2D eigenvalue weighted by Gasteiger charge is 2.27. The molecular weight excluding hydrogens is 216 g/mol. The molecule has 1 N–H and O–H groups in total. The number of nitrogens with zero attached hydrogens (tertiary/aromatic N) is 1. The molecule has 1 heterocycles. The molecule has 0 saturated carbocycles. The Kier molecular flexibility index (Phi) is 5.45. The molecule has 98 valence electrons. The van der Waals surface area contributed by atoms with E-state index in [1.165, 1.54) is 0 Å². The summed E-state index contributed by atoms with van der Waals surface area (Å²) in [6.07, 6.45) is 3.33. The number of rotatable bonds is 5. The van der Waals surface area contributed by atoms with Crippen LogP contribution in [0.25, 0.3) is 0 Å². The third-order valence-electron chi connectivity index (χ3n) is 3.08. The molecule has 17 heavy (non-hydrogen) atoms. The zero-order valence-electron chi connectivity index (χ0n) is 11.2. The van der Waals surface area contributed by atoms with Gasteiger partial charge >= 0.3 is 0 Å². The van der Waals surface area contributed by atoms with Gasteiger partial charge in [-0.05, 0) is 25.2 Å². The van der Waals surface area contributed by atoms with E-state index in [-0.39, 0.29) is 17.9 Å². The Morgan fingerprint density at radius 1 is 1.24 bits per heavy atom. The monoisotopic (exact) mass is 240 g/mol. The van der Waals surface area contributed by atoms with Crippen molar-refractivity contribution in [3.63, 3.8) is 0 Å². The Labute approximate surface area is 104 Å². The largest absolute Gasteiger partial charge is 0.344 e. The number of likely N-dealkylation sites (tertiary alicyclic amines) is 1. The summed E-state index contributed by atoms with van der Waals surface area (Å²) in [5, 5.41) is 2.84. The first kappa shape index (κ1) is 14.0. The molecule has 0 aromatic heterocycles. The average molecular weight is 240 g/mol. The standard InChI is InChI=1S/C13H24N2O2/c1-4-12(16)14-11(9-10(2)3)13(17)15-7-5-6-8-15/h10-11H,4-9H2,1-3H3,(H,14,16)/t11-/m0/s1. The summed E-state index contributed by atoms with van der Waals surface area (Å²) in [6.45, 7) is 7.64. The van der Waals surface area contributed by atoms with Gasteiger partial charge in [0.05, 0.1) is 0 Å².